The first-order chi connectivity index (χ1) is 12.5. The minimum Gasteiger partial charge on any atom is -0.339 e. The van der Waals surface area contributed by atoms with E-state index in [1.165, 1.54) is 18.2 Å². The van der Waals surface area contributed by atoms with Crippen molar-refractivity contribution >= 4 is 39.2 Å². The van der Waals surface area contributed by atoms with Gasteiger partial charge in [0.25, 0.3) is 5.56 Å². The lowest BCUT2D eigenvalue weighted by Crippen LogP contribution is -2.44. The van der Waals surface area contributed by atoms with Crippen molar-refractivity contribution < 1.29 is 4.79 Å². The molecule has 1 aliphatic rings. The van der Waals surface area contributed by atoms with Crippen LogP contribution in [0.3, 0.4) is 0 Å². The Bertz CT molecular complexity index is 872. The molecule has 0 aromatic carbocycles. The molecule has 3 rings (SSSR count). The zero-order valence-electron chi connectivity index (χ0n) is 16.0. The van der Waals surface area contributed by atoms with Gasteiger partial charge in [0, 0.05) is 24.0 Å². The predicted molar refractivity (Wildman–Crippen MR) is 109 cm³/mol. The van der Waals surface area contributed by atoms with Gasteiger partial charge in [-0.1, -0.05) is 18.7 Å². The predicted octanol–water partition coefficient (Wildman–Crippen LogP) is 3.98. The van der Waals surface area contributed by atoms with E-state index in [1.54, 1.807) is 15.9 Å². The molecule has 26 heavy (non-hydrogen) atoms. The number of hydrogen-bond acceptors (Lipinski definition) is 5. The standard InChI is InChI=1S/C19H27N3O2S2/c1-5-14-9-7-8-10-22(14)15(23)11-25-19-20-17-16(12(3)13(4)26-17)18(24)21(19)6-2/h14H,5-11H2,1-4H3. The highest BCUT2D eigenvalue weighted by Crippen LogP contribution is 2.29. The summed E-state index contributed by atoms with van der Waals surface area (Å²) >= 11 is 2.96. The van der Waals surface area contributed by atoms with Gasteiger partial charge in [0.15, 0.2) is 5.16 Å². The summed E-state index contributed by atoms with van der Waals surface area (Å²) in [6, 6.07) is 0.364. The van der Waals surface area contributed by atoms with Gasteiger partial charge in [0.05, 0.1) is 11.1 Å². The van der Waals surface area contributed by atoms with Crippen LogP contribution in [-0.2, 0) is 11.3 Å². The molecule has 1 aliphatic heterocycles. The molecule has 5 nitrogen and oxygen atoms in total. The average Bonchev–Trinajstić information content (AvgIpc) is 2.93. The first kappa shape index (κ1) is 19.4. The van der Waals surface area contributed by atoms with Gasteiger partial charge in [0.1, 0.15) is 4.83 Å². The fourth-order valence-corrected chi connectivity index (χ4v) is 5.68. The van der Waals surface area contributed by atoms with Gasteiger partial charge in [-0.15, -0.1) is 11.3 Å². The van der Waals surface area contributed by atoms with Crippen LogP contribution in [0, 0.1) is 13.8 Å². The Morgan fingerprint density at radius 2 is 2.08 bits per heavy atom. The van der Waals surface area contributed by atoms with E-state index in [0.29, 0.717) is 23.5 Å². The normalized spacial score (nSPS) is 17.8. The van der Waals surface area contributed by atoms with E-state index in [0.717, 1.165) is 46.5 Å². The number of aromatic nitrogens is 2. The third-order valence-corrected chi connectivity index (χ3v) is 7.38. The van der Waals surface area contributed by atoms with Gasteiger partial charge in [-0.05, 0) is 52.0 Å². The summed E-state index contributed by atoms with van der Waals surface area (Å²) in [5, 5.41) is 1.39. The fourth-order valence-electron chi connectivity index (χ4n) is 3.66. The molecule has 1 unspecified atom stereocenters. The van der Waals surface area contributed by atoms with Gasteiger partial charge >= 0.3 is 0 Å². The molecule has 2 aromatic heterocycles. The maximum absolute atomic E-state index is 12.9. The SMILES string of the molecule is CCC1CCCCN1C(=O)CSc1nc2sc(C)c(C)c2c(=O)n1CC. The number of likely N-dealkylation sites (tertiary alicyclic amines) is 1. The molecule has 7 heteroatoms. The number of piperidine rings is 1. The van der Waals surface area contributed by atoms with E-state index in [1.807, 2.05) is 25.7 Å². The van der Waals surface area contributed by atoms with Crippen molar-refractivity contribution in [3.8, 4) is 0 Å². The van der Waals surface area contributed by atoms with E-state index in [9.17, 15) is 9.59 Å². The Morgan fingerprint density at radius 1 is 1.31 bits per heavy atom. The lowest BCUT2D eigenvalue weighted by molar-refractivity contribution is -0.132. The molecule has 3 heterocycles. The van der Waals surface area contributed by atoms with E-state index in [4.69, 9.17) is 4.98 Å². The summed E-state index contributed by atoms with van der Waals surface area (Å²) in [4.78, 5) is 34.3. The summed E-state index contributed by atoms with van der Waals surface area (Å²) < 4.78 is 1.70. The molecule has 0 saturated carbocycles. The van der Waals surface area contributed by atoms with Crippen molar-refractivity contribution in [3.05, 3.63) is 20.8 Å². The van der Waals surface area contributed by atoms with Crippen LogP contribution in [0.15, 0.2) is 9.95 Å². The molecular formula is C19H27N3O2S2. The van der Waals surface area contributed by atoms with Crippen molar-refractivity contribution in [1.82, 2.24) is 14.5 Å². The summed E-state index contributed by atoms with van der Waals surface area (Å²) in [5.74, 6) is 0.509. The molecule has 1 saturated heterocycles. The maximum atomic E-state index is 12.9. The van der Waals surface area contributed by atoms with Crippen LogP contribution in [-0.4, -0.2) is 38.7 Å². The Morgan fingerprint density at radius 3 is 2.77 bits per heavy atom. The van der Waals surface area contributed by atoms with Gasteiger partial charge in [-0.3, -0.25) is 14.2 Å². The molecule has 0 spiro atoms. The third-order valence-electron chi connectivity index (χ3n) is 5.31. The monoisotopic (exact) mass is 393 g/mol. The van der Waals surface area contributed by atoms with E-state index in [2.05, 4.69) is 6.92 Å². The van der Waals surface area contributed by atoms with Crippen LogP contribution >= 0.6 is 23.1 Å². The third kappa shape index (κ3) is 3.56. The zero-order chi connectivity index (χ0) is 18.8. The van der Waals surface area contributed by atoms with Gasteiger partial charge < -0.3 is 4.90 Å². The number of carbonyl (C=O) groups is 1. The first-order valence-corrected chi connectivity index (χ1v) is 11.2. The van der Waals surface area contributed by atoms with Gasteiger partial charge in [-0.2, -0.15) is 0 Å². The van der Waals surface area contributed by atoms with Crippen molar-refractivity contribution in [3.63, 3.8) is 0 Å². The number of fused-ring (bicyclic) bond motifs is 1. The van der Waals surface area contributed by atoms with E-state index in [-0.39, 0.29) is 11.5 Å². The molecule has 1 amide bonds. The van der Waals surface area contributed by atoms with E-state index >= 15 is 0 Å². The molecule has 0 bridgehead atoms. The minimum atomic E-state index is 0.0127. The highest BCUT2D eigenvalue weighted by atomic mass is 32.2. The van der Waals surface area contributed by atoms with Crippen LogP contribution in [0.5, 0.6) is 0 Å². The van der Waals surface area contributed by atoms with Crippen molar-refractivity contribution in [2.24, 2.45) is 0 Å². The minimum absolute atomic E-state index is 0.0127. The highest BCUT2D eigenvalue weighted by molar-refractivity contribution is 7.99. The molecule has 0 aliphatic carbocycles. The highest BCUT2D eigenvalue weighted by Gasteiger charge is 2.25. The lowest BCUT2D eigenvalue weighted by atomic mass is 10.0. The van der Waals surface area contributed by atoms with Crippen molar-refractivity contribution in [1.29, 1.82) is 0 Å². The number of hydrogen-bond donors (Lipinski definition) is 0. The number of thiophene rings is 1. The maximum Gasteiger partial charge on any atom is 0.263 e. The first-order valence-electron chi connectivity index (χ1n) is 9.40. The summed E-state index contributed by atoms with van der Waals surface area (Å²) in [7, 11) is 0. The Hall–Kier alpha value is -1.34. The molecule has 0 N–H and O–H groups in total. The molecule has 142 valence electrons. The van der Waals surface area contributed by atoms with Crippen LogP contribution < -0.4 is 5.56 Å². The smallest absolute Gasteiger partial charge is 0.263 e. The number of nitrogens with zero attached hydrogens (tertiary/aromatic N) is 3. The van der Waals surface area contributed by atoms with Crippen LogP contribution in [0.4, 0.5) is 0 Å². The molecule has 1 atom stereocenters. The lowest BCUT2D eigenvalue weighted by Gasteiger charge is -2.35. The molecule has 0 radical (unpaired) electrons. The van der Waals surface area contributed by atoms with Gasteiger partial charge in [-0.25, -0.2) is 4.98 Å². The Kier molecular flexibility index (Phi) is 6.07. The van der Waals surface area contributed by atoms with Crippen molar-refractivity contribution in [2.45, 2.75) is 71.1 Å². The second kappa shape index (κ2) is 8.13. The van der Waals surface area contributed by atoms with Crippen LogP contribution in [0.2, 0.25) is 0 Å². The summed E-state index contributed by atoms with van der Waals surface area (Å²) in [5.41, 5.74) is 1.04. The number of rotatable bonds is 5. The Balaban J connectivity index is 1.84. The van der Waals surface area contributed by atoms with Gasteiger partial charge in [0.2, 0.25) is 5.91 Å². The molecule has 2 aromatic rings. The Labute approximate surface area is 162 Å². The summed E-state index contributed by atoms with van der Waals surface area (Å²) in [6.45, 7) is 9.52. The quantitative estimate of drug-likeness (QED) is 0.570. The molecular weight excluding hydrogens is 366 g/mol. The topological polar surface area (TPSA) is 55.2 Å². The average molecular weight is 394 g/mol. The number of thioether (sulfide) groups is 1. The van der Waals surface area contributed by atoms with Crippen LogP contribution in [0.25, 0.3) is 10.2 Å². The zero-order valence-corrected chi connectivity index (χ0v) is 17.6. The van der Waals surface area contributed by atoms with E-state index < -0.39 is 0 Å². The van der Waals surface area contributed by atoms with Crippen LogP contribution in [0.1, 0.15) is 50.0 Å². The summed E-state index contributed by atoms with van der Waals surface area (Å²) in [6.07, 6.45) is 4.41. The second-order valence-corrected chi connectivity index (χ2v) is 8.99. The van der Waals surface area contributed by atoms with Crippen molar-refractivity contribution in [2.75, 3.05) is 12.3 Å². The second-order valence-electron chi connectivity index (χ2n) is 6.84. The number of amides is 1. The fraction of sp³-hybridized carbons (Fsp3) is 0.632. The largest absolute Gasteiger partial charge is 0.339 e. The number of aryl methyl sites for hydroxylation is 2. The number of carbonyl (C=O) groups excluding carboxylic acids is 1. The molecule has 1 fully saturated rings.